The fourth-order valence-corrected chi connectivity index (χ4v) is 3.10. The Morgan fingerprint density at radius 1 is 1.00 bits per heavy atom. The lowest BCUT2D eigenvalue weighted by molar-refractivity contribution is 0.0601. The smallest absolute Gasteiger partial charge is 0.337 e. The van der Waals surface area contributed by atoms with Gasteiger partial charge >= 0.3 is 5.97 Å². The lowest BCUT2D eigenvalue weighted by Crippen LogP contribution is -2.05. The minimum Gasteiger partial charge on any atom is -0.465 e. The molecule has 6 nitrogen and oxygen atoms in total. The number of para-hydroxylation sites is 1. The van der Waals surface area contributed by atoms with Crippen molar-refractivity contribution in [3.8, 4) is 0 Å². The van der Waals surface area contributed by atoms with Crippen molar-refractivity contribution >= 4 is 29.1 Å². The molecule has 0 aliphatic carbocycles. The van der Waals surface area contributed by atoms with Crippen molar-refractivity contribution in [3.05, 3.63) is 70.9 Å². The summed E-state index contributed by atoms with van der Waals surface area (Å²) in [5.74, 6) is 1.24. The van der Waals surface area contributed by atoms with Gasteiger partial charge in [-0.05, 0) is 55.2 Å². The molecule has 1 heterocycles. The Kier molecular flexibility index (Phi) is 6.12. The predicted octanol–water partition coefficient (Wildman–Crippen LogP) is 5.49. The van der Waals surface area contributed by atoms with E-state index in [4.69, 9.17) is 4.74 Å². The molecule has 0 saturated carbocycles. The highest BCUT2D eigenvalue weighted by atomic mass is 16.5. The third-order valence-corrected chi connectivity index (χ3v) is 4.60. The summed E-state index contributed by atoms with van der Waals surface area (Å²) in [5.41, 5.74) is 5.61. The first-order chi connectivity index (χ1) is 13.9. The van der Waals surface area contributed by atoms with E-state index in [0.29, 0.717) is 17.4 Å². The first-order valence-corrected chi connectivity index (χ1v) is 9.55. The molecule has 0 atom stereocenters. The van der Waals surface area contributed by atoms with Gasteiger partial charge in [0, 0.05) is 23.1 Å². The van der Waals surface area contributed by atoms with E-state index in [0.717, 1.165) is 22.9 Å². The largest absolute Gasteiger partial charge is 0.465 e. The van der Waals surface area contributed by atoms with Gasteiger partial charge in [-0.25, -0.2) is 9.78 Å². The molecule has 3 rings (SSSR count). The molecule has 3 aromatic rings. The van der Waals surface area contributed by atoms with Crippen molar-refractivity contribution in [2.24, 2.45) is 0 Å². The molecule has 0 saturated heterocycles. The summed E-state index contributed by atoms with van der Waals surface area (Å²) in [6.45, 7) is 8.37. The highest BCUT2D eigenvalue weighted by molar-refractivity contribution is 5.89. The van der Waals surface area contributed by atoms with E-state index >= 15 is 0 Å². The molecule has 0 amide bonds. The van der Waals surface area contributed by atoms with Crippen LogP contribution in [0.25, 0.3) is 0 Å². The van der Waals surface area contributed by atoms with E-state index in [9.17, 15) is 4.79 Å². The number of anilines is 4. The van der Waals surface area contributed by atoms with Gasteiger partial charge in [-0.15, -0.1) is 0 Å². The Morgan fingerprint density at radius 2 is 1.72 bits per heavy atom. The van der Waals surface area contributed by atoms with Gasteiger partial charge in [-0.1, -0.05) is 32.0 Å². The van der Waals surface area contributed by atoms with Crippen LogP contribution in [0.3, 0.4) is 0 Å². The Labute approximate surface area is 171 Å². The number of methoxy groups -OCH3 is 1. The second-order valence-corrected chi connectivity index (χ2v) is 7.23. The number of hydrogen-bond acceptors (Lipinski definition) is 6. The first-order valence-electron chi connectivity index (χ1n) is 9.55. The lowest BCUT2D eigenvalue weighted by atomic mass is 9.98. The van der Waals surface area contributed by atoms with E-state index in [-0.39, 0.29) is 5.97 Å². The second-order valence-electron chi connectivity index (χ2n) is 7.23. The fourth-order valence-electron chi connectivity index (χ4n) is 3.10. The molecule has 2 N–H and O–H groups in total. The van der Waals surface area contributed by atoms with Crippen molar-refractivity contribution in [2.45, 2.75) is 33.6 Å². The number of benzene rings is 2. The molecule has 0 aliphatic heterocycles. The first kappa shape index (κ1) is 20.3. The third kappa shape index (κ3) is 4.90. The van der Waals surface area contributed by atoms with Crippen LogP contribution in [0.5, 0.6) is 0 Å². The van der Waals surface area contributed by atoms with Gasteiger partial charge < -0.3 is 15.4 Å². The summed E-state index contributed by atoms with van der Waals surface area (Å²) in [6.07, 6.45) is 0. The molecule has 0 radical (unpaired) electrons. The maximum Gasteiger partial charge on any atom is 0.337 e. The molecule has 6 heteroatoms. The molecule has 2 aromatic carbocycles. The van der Waals surface area contributed by atoms with Crippen LogP contribution < -0.4 is 10.6 Å². The van der Waals surface area contributed by atoms with Crippen molar-refractivity contribution in [1.29, 1.82) is 0 Å². The number of hydrogen-bond donors (Lipinski definition) is 2. The average Bonchev–Trinajstić information content (AvgIpc) is 2.69. The molecule has 1 aromatic heterocycles. The summed E-state index contributed by atoms with van der Waals surface area (Å²) >= 11 is 0. The van der Waals surface area contributed by atoms with Crippen LogP contribution >= 0.6 is 0 Å². The van der Waals surface area contributed by atoms with E-state index in [2.05, 4.69) is 59.6 Å². The summed E-state index contributed by atoms with van der Waals surface area (Å²) in [5, 5.41) is 6.66. The maximum absolute atomic E-state index is 11.6. The van der Waals surface area contributed by atoms with Gasteiger partial charge in [0.05, 0.1) is 12.7 Å². The minimum atomic E-state index is -0.367. The monoisotopic (exact) mass is 390 g/mol. The van der Waals surface area contributed by atoms with Gasteiger partial charge in [-0.3, -0.25) is 0 Å². The molecule has 0 aliphatic rings. The van der Waals surface area contributed by atoms with Crippen LogP contribution in [0.4, 0.5) is 23.1 Å². The molecule has 150 valence electrons. The lowest BCUT2D eigenvalue weighted by Gasteiger charge is -2.17. The zero-order valence-electron chi connectivity index (χ0n) is 17.4. The molecule has 0 fully saturated rings. The van der Waals surface area contributed by atoms with Crippen LogP contribution in [-0.4, -0.2) is 23.0 Å². The molecule has 0 unspecified atom stereocenters. The van der Waals surface area contributed by atoms with Crippen LogP contribution in [0.1, 0.15) is 46.9 Å². The number of aryl methyl sites for hydroxylation is 2. The summed E-state index contributed by atoms with van der Waals surface area (Å²) in [6, 6.07) is 15.2. The van der Waals surface area contributed by atoms with E-state index in [1.54, 1.807) is 24.3 Å². The maximum atomic E-state index is 11.6. The number of ether oxygens (including phenoxy) is 1. The molecule has 0 bridgehead atoms. The van der Waals surface area contributed by atoms with Crippen LogP contribution in [0.15, 0.2) is 48.5 Å². The fraction of sp³-hybridized carbons (Fsp3) is 0.261. The van der Waals surface area contributed by atoms with Crippen molar-refractivity contribution < 1.29 is 9.53 Å². The van der Waals surface area contributed by atoms with Gasteiger partial charge in [0.1, 0.15) is 5.82 Å². The number of carbonyl (C=O) groups is 1. The van der Waals surface area contributed by atoms with Crippen molar-refractivity contribution in [3.63, 3.8) is 0 Å². The standard InChI is InChI=1S/C23H26N4O2/c1-14(2)19-8-6-7-15(3)21(19)26-20-13-16(4)24-23(27-20)25-18-11-9-17(10-12-18)22(28)29-5/h6-14H,1-5H3,(H2,24,25,26,27). The summed E-state index contributed by atoms with van der Waals surface area (Å²) in [7, 11) is 1.36. The predicted molar refractivity (Wildman–Crippen MR) is 116 cm³/mol. The molecular weight excluding hydrogens is 364 g/mol. The van der Waals surface area contributed by atoms with Gasteiger partial charge in [-0.2, -0.15) is 4.98 Å². The number of nitrogens with zero attached hydrogens (tertiary/aromatic N) is 2. The van der Waals surface area contributed by atoms with Crippen LogP contribution in [0.2, 0.25) is 0 Å². The van der Waals surface area contributed by atoms with Gasteiger partial charge in [0.15, 0.2) is 0 Å². The topological polar surface area (TPSA) is 76.1 Å². The van der Waals surface area contributed by atoms with E-state index < -0.39 is 0 Å². The summed E-state index contributed by atoms with van der Waals surface area (Å²) < 4.78 is 4.73. The van der Waals surface area contributed by atoms with Crippen molar-refractivity contribution in [1.82, 2.24) is 9.97 Å². The normalized spacial score (nSPS) is 10.7. The molecule has 29 heavy (non-hydrogen) atoms. The molecular formula is C23H26N4O2. The van der Waals surface area contributed by atoms with Crippen LogP contribution in [0, 0.1) is 13.8 Å². The molecule has 0 spiro atoms. The Morgan fingerprint density at radius 3 is 2.38 bits per heavy atom. The highest BCUT2D eigenvalue weighted by Crippen LogP contribution is 2.30. The zero-order valence-corrected chi connectivity index (χ0v) is 17.4. The number of carbonyl (C=O) groups excluding carboxylic acids is 1. The minimum absolute atomic E-state index is 0.367. The van der Waals surface area contributed by atoms with Crippen LogP contribution in [-0.2, 0) is 4.74 Å². The quantitative estimate of drug-likeness (QED) is 0.542. The Bertz CT molecular complexity index is 1010. The highest BCUT2D eigenvalue weighted by Gasteiger charge is 2.11. The van der Waals surface area contributed by atoms with Crippen molar-refractivity contribution in [2.75, 3.05) is 17.7 Å². The third-order valence-electron chi connectivity index (χ3n) is 4.60. The number of rotatable bonds is 6. The van der Waals surface area contributed by atoms with Gasteiger partial charge in [0.2, 0.25) is 5.95 Å². The van der Waals surface area contributed by atoms with E-state index in [1.807, 2.05) is 13.0 Å². The Hall–Kier alpha value is -3.41. The second kappa shape index (κ2) is 8.73. The average molecular weight is 390 g/mol. The number of aromatic nitrogens is 2. The zero-order chi connectivity index (χ0) is 21.0. The van der Waals surface area contributed by atoms with E-state index in [1.165, 1.54) is 18.2 Å². The summed E-state index contributed by atoms with van der Waals surface area (Å²) in [4.78, 5) is 20.7. The number of nitrogens with one attached hydrogen (secondary N) is 2. The van der Waals surface area contributed by atoms with Gasteiger partial charge in [0.25, 0.3) is 0 Å². The Balaban J connectivity index is 1.85. The number of esters is 1. The SMILES string of the molecule is COC(=O)c1ccc(Nc2nc(C)cc(Nc3c(C)cccc3C(C)C)n2)cc1.